The molecule has 1 aromatic heterocycles. The first kappa shape index (κ1) is 11.9. The highest BCUT2D eigenvalue weighted by Crippen LogP contribution is 2.17. The van der Waals surface area contributed by atoms with Gasteiger partial charge in [0.2, 0.25) is 0 Å². The predicted molar refractivity (Wildman–Crippen MR) is 72.7 cm³/mol. The first-order valence-corrected chi connectivity index (χ1v) is 6.03. The van der Waals surface area contributed by atoms with Gasteiger partial charge in [-0.2, -0.15) is 0 Å². The van der Waals surface area contributed by atoms with Crippen LogP contribution in [0.15, 0.2) is 34.8 Å². The monoisotopic (exact) mass is 292 g/mol. The second-order valence-corrected chi connectivity index (χ2v) is 4.52. The second-order valence-electron chi connectivity index (χ2n) is 3.67. The Morgan fingerprint density at radius 3 is 2.76 bits per heavy atom. The zero-order valence-corrected chi connectivity index (χ0v) is 11.0. The average Bonchev–Trinajstić information content (AvgIpc) is 2.27. The van der Waals surface area contributed by atoms with E-state index in [9.17, 15) is 0 Å². The molecule has 0 bridgehead atoms. The molecule has 0 unspecified atom stereocenters. The van der Waals surface area contributed by atoms with Crippen LogP contribution in [0.4, 0.5) is 11.6 Å². The molecular formula is C12H13BrN4. The standard InChI is InChI=1S/C12H13BrN4/c1-8-16-11(14)6-12(17-8)15-7-9-4-2-3-5-10(9)13/h2-6H,7H2,1H3,(H3,14,15,16,17). The smallest absolute Gasteiger partial charge is 0.132 e. The van der Waals surface area contributed by atoms with Gasteiger partial charge in [-0.05, 0) is 18.6 Å². The first-order chi connectivity index (χ1) is 8.15. The third-order valence-corrected chi connectivity index (χ3v) is 3.05. The van der Waals surface area contributed by atoms with Gasteiger partial charge in [0.25, 0.3) is 0 Å². The van der Waals surface area contributed by atoms with Gasteiger partial charge in [-0.3, -0.25) is 0 Å². The molecule has 3 N–H and O–H groups in total. The molecule has 0 aliphatic carbocycles. The maximum atomic E-state index is 5.66. The number of rotatable bonds is 3. The van der Waals surface area contributed by atoms with Crippen molar-refractivity contribution in [1.82, 2.24) is 9.97 Å². The quantitative estimate of drug-likeness (QED) is 0.913. The molecule has 0 radical (unpaired) electrons. The van der Waals surface area contributed by atoms with Crippen molar-refractivity contribution in [2.24, 2.45) is 0 Å². The van der Waals surface area contributed by atoms with Crippen molar-refractivity contribution in [3.05, 3.63) is 46.2 Å². The molecule has 17 heavy (non-hydrogen) atoms. The van der Waals surface area contributed by atoms with E-state index in [1.54, 1.807) is 6.07 Å². The largest absolute Gasteiger partial charge is 0.384 e. The third-order valence-electron chi connectivity index (χ3n) is 2.28. The fourth-order valence-corrected chi connectivity index (χ4v) is 1.93. The van der Waals surface area contributed by atoms with E-state index in [1.165, 1.54) is 5.56 Å². The summed E-state index contributed by atoms with van der Waals surface area (Å²) < 4.78 is 1.08. The van der Waals surface area contributed by atoms with E-state index in [2.05, 4.69) is 37.3 Å². The van der Waals surface area contributed by atoms with Gasteiger partial charge in [0.1, 0.15) is 17.5 Å². The van der Waals surface area contributed by atoms with Crippen LogP contribution < -0.4 is 11.1 Å². The molecule has 0 fully saturated rings. The van der Waals surface area contributed by atoms with Crippen LogP contribution in [-0.4, -0.2) is 9.97 Å². The molecule has 0 amide bonds. The van der Waals surface area contributed by atoms with Crippen molar-refractivity contribution in [1.29, 1.82) is 0 Å². The minimum atomic E-state index is 0.479. The Labute approximate surface area is 108 Å². The summed E-state index contributed by atoms with van der Waals surface area (Å²) in [7, 11) is 0. The molecule has 0 saturated heterocycles. The zero-order valence-electron chi connectivity index (χ0n) is 9.44. The van der Waals surface area contributed by atoms with Crippen LogP contribution in [0.1, 0.15) is 11.4 Å². The highest BCUT2D eigenvalue weighted by molar-refractivity contribution is 9.10. The molecule has 4 nitrogen and oxygen atoms in total. The van der Waals surface area contributed by atoms with E-state index in [4.69, 9.17) is 5.73 Å². The Kier molecular flexibility index (Phi) is 3.58. The summed E-state index contributed by atoms with van der Waals surface area (Å²) in [4.78, 5) is 8.29. The lowest BCUT2D eigenvalue weighted by molar-refractivity contribution is 1.03. The maximum absolute atomic E-state index is 5.66. The van der Waals surface area contributed by atoms with Crippen LogP contribution >= 0.6 is 15.9 Å². The number of nitrogen functional groups attached to an aromatic ring is 1. The first-order valence-electron chi connectivity index (χ1n) is 5.23. The van der Waals surface area contributed by atoms with Gasteiger partial charge in [-0.15, -0.1) is 0 Å². The summed E-state index contributed by atoms with van der Waals surface area (Å²) in [5.41, 5.74) is 6.83. The van der Waals surface area contributed by atoms with Crippen LogP contribution in [0.2, 0.25) is 0 Å². The number of halogens is 1. The van der Waals surface area contributed by atoms with Crippen molar-refractivity contribution in [2.75, 3.05) is 11.1 Å². The summed E-state index contributed by atoms with van der Waals surface area (Å²) in [5, 5.41) is 3.22. The number of hydrogen-bond acceptors (Lipinski definition) is 4. The minimum Gasteiger partial charge on any atom is -0.384 e. The Morgan fingerprint density at radius 2 is 2.06 bits per heavy atom. The molecule has 5 heteroatoms. The fraction of sp³-hybridized carbons (Fsp3) is 0.167. The number of nitrogens with one attached hydrogen (secondary N) is 1. The lowest BCUT2D eigenvalue weighted by Crippen LogP contribution is -2.05. The Hall–Kier alpha value is -1.62. The van der Waals surface area contributed by atoms with Crippen molar-refractivity contribution < 1.29 is 0 Å². The fourth-order valence-electron chi connectivity index (χ4n) is 1.51. The Balaban J connectivity index is 2.10. The van der Waals surface area contributed by atoms with Crippen LogP contribution in [0.25, 0.3) is 0 Å². The van der Waals surface area contributed by atoms with Gasteiger partial charge in [-0.25, -0.2) is 9.97 Å². The van der Waals surface area contributed by atoms with E-state index in [0.717, 1.165) is 10.3 Å². The van der Waals surface area contributed by atoms with E-state index < -0.39 is 0 Å². The van der Waals surface area contributed by atoms with Crippen LogP contribution in [0.5, 0.6) is 0 Å². The molecule has 1 aromatic carbocycles. The summed E-state index contributed by atoms with van der Waals surface area (Å²) in [5.74, 6) is 1.89. The highest BCUT2D eigenvalue weighted by Gasteiger charge is 2.01. The predicted octanol–water partition coefficient (Wildman–Crippen LogP) is 2.74. The number of aryl methyl sites for hydroxylation is 1. The summed E-state index contributed by atoms with van der Waals surface area (Å²) in [6.45, 7) is 2.51. The zero-order chi connectivity index (χ0) is 12.3. The molecule has 2 rings (SSSR count). The lowest BCUT2D eigenvalue weighted by Gasteiger charge is -2.08. The number of aromatic nitrogens is 2. The van der Waals surface area contributed by atoms with E-state index >= 15 is 0 Å². The van der Waals surface area contributed by atoms with Gasteiger partial charge in [0.05, 0.1) is 0 Å². The van der Waals surface area contributed by atoms with Crippen molar-refractivity contribution in [3.63, 3.8) is 0 Å². The van der Waals surface area contributed by atoms with Gasteiger partial charge < -0.3 is 11.1 Å². The van der Waals surface area contributed by atoms with E-state index in [0.29, 0.717) is 18.2 Å². The molecule has 0 aliphatic heterocycles. The molecule has 88 valence electrons. The summed E-state index contributed by atoms with van der Waals surface area (Å²) >= 11 is 3.50. The SMILES string of the molecule is Cc1nc(N)cc(NCc2ccccc2Br)n1. The average molecular weight is 293 g/mol. The molecule has 0 saturated carbocycles. The highest BCUT2D eigenvalue weighted by atomic mass is 79.9. The normalized spacial score (nSPS) is 10.2. The van der Waals surface area contributed by atoms with Gasteiger partial charge in [-0.1, -0.05) is 34.1 Å². The van der Waals surface area contributed by atoms with Crippen LogP contribution in [0, 0.1) is 6.92 Å². The van der Waals surface area contributed by atoms with Gasteiger partial charge in [0.15, 0.2) is 0 Å². The number of hydrogen-bond donors (Lipinski definition) is 2. The van der Waals surface area contributed by atoms with Crippen LogP contribution in [0.3, 0.4) is 0 Å². The molecule has 0 aliphatic rings. The molecule has 0 atom stereocenters. The number of anilines is 2. The second kappa shape index (κ2) is 5.14. The lowest BCUT2D eigenvalue weighted by atomic mass is 10.2. The minimum absolute atomic E-state index is 0.479. The van der Waals surface area contributed by atoms with Crippen molar-refractivity contribution in [3.8, 4) is 0 Å². The van der Waals surface area contributed by atoms with Gasteiger partial charge >= 0.3 is 0 Å². The molecule has 2 aromatic rings. The summed E-state index contributed by atoms with van der Waals surface area (Å²) in [6, 6.07) is 9.77. The Morgan fingerprint density at radius 1 is 1.29 bits per heavy atom. The number of nitrogens with two attached hydrogens (primary N) is 1. The van der Waals surface area contributed by atoms with Crippen molar-refractivity contribution >= 4 is 27.6 Å². The molecular weight excluding hydrogens is 280 g/mol. The number of benzene rings is 1. The van der Waals surface area contributed by atoms with Crippen LogP contribution in [-0.2, 0) is 6.54 Å². The topological polar surface area (TPSA) is 63.8 Å². The van der Waals surface area contributed by atoms with E-state index in [1.807, 2.05) is 25.1 Å². The van der Waals surface area contributed by atoms with Gasteiger partial charge in [0, 0.05) is 17.1 Å². The van der Waals surface area contributed by atoms with E-state index in [-0.39, 0.29) is 0 Å². The molecule has 0 spiro atoms. The maximum Gasteiger partial charge on any atom is 0.132 e. The summed E-state index contributed by atoms with van der Waals surface area (Å²) in [6.07, 6.45) is 0. The van der Waals surface area contributed by atoms with Crippen molar-refractivity contribution in [2.45, 2.75) is 13.5 Å². The Bertz CT molecular complexity index is 507. The molecule has 1 heterocycles. The number of nitrogens with zero attached hydrogens (tertiary/aromatic N) is 2. The third kappa shape index (κ3) is 3.17.